The van der Waals surface area contributed by atoms with Gasteiger partial charge in [0.15, 0.2) is 11.6 Å². The van der Waals surface area contributed by atoms with Crippen molar-refractivity contribution in [3.63, 3.8) is 0 Å². The Morgan fingerprint density at radius 3 is 1.74 bits per heavy atom. The van der Waals surface area contributed by atoms with Crippen LogP contribution in [-0.2, 0) is 61.4 Å². The third-order valence-electron chi connectivity index (χ3n) is 12.1. The van der Waals surface area contributed by atoms with Crippen LogP contribution in [0.15, 0.2) is 91.0 Å². The predicted octanol–water partition coefficient (Wildman–Crippen LogP) is 4.56. The largest absolute Gasteiger partial charge is 0.497 e. The van der Waals surface area contributed by atoms with Gasteiger partial charge in [0.05, 0.1) is 43.7 Å². The number of amides is 8. The second-order valence-corrected chi connectivity index (χ2v) is 19.5. The molecule has 0 aromatic heterocycles. The highest BCUT2D eigenvalue weighted by atomic mass is 28.1. The molecular weight excluding hydrogens is 996 g/mol. The van der Waals surface area contributed by atoms with E-state index in [4.69, 9.17) is 14.2 Å². The maximum absolute atomic E-state index is 14.3. The first-order valence-electron chi connectivity index (χ1n) is 25.0. The van der Waals surface area contributed by atoms with Gasteiger partial charge in [0.2, 0.25) is 23.4 Å². The van der Waals surface area contributed by atoms with E-state index in [1.54, 1.807) is 44.2 Å². The van der Waals surface area contributed by atoms with Crippen LogP contribution in [0.25, 0.3) is 0 Å². The molecule has 0 fully saturated rings. The molecule has 8 amide bonds. The van der Waals surface area contributed by atoms with Crippen LogP contribution in [0.4, 0.5) is 14.0 Å². The molecule has 4 aromatic rings. The van der Waals surface area contributed by atoms with E-state index in [2.05, 4.69) is 52.8 Å². The number of halogens is 1. The molecule has 407 valence electrons. The summed E-state index contributed by atoms with van der Waals surface area (Å²) in [6.07, 6.45) is 0.758. The Bertz CT molecular complexity index is 2640. The molecule has 4 unspecified atom stereocenters. The number of urea groups is 2. The van der Waals surface area contributed by atoms with Crippen molar-refractivity contribution in [1.82, 2.24) is 42.5 Å². The van der Waals surface area contributed by atoms with Gasteiger partial charge in [-0.2, -0.15) is 0 Å². The molecule has 0 aliphatic heterocycles. The average Bonchev–Trinajstić information content (AvgIpc) is 3.40. The summed E-state index contributed by atoms with van der Waals surface area (Å²) in [4.78, 5) is 107. The number of hydrogen-bond donors (Lipinski definition) is 8. The standard InChI is InChI=1S/C55H70FN8O11Si/c1-9-43(46(65)50(68)57-31-38-25-40(73-6)27-41(26-38)74-7)61-49(67)45(22-33(3)4)63-53(71)59-30-37-19-14-18-36(24-37)23-34(5)28-55(76,64-54(72)60-29-35-16-12-11-13-17-35)52(70)62-44(10-2)47(66)51(69)58-32-39-20-15-21-42(56)48(39)75-8/h11-21,24-27,33-34,43-45H,9-10,22-23,28-32H2,1-8H3,(H,57,68)(H,58,69)(H,61,67)(H,62,70)(H2,59,63,71)(H2,60,64,72)/t34?,43?,44?,45-,55?/m0/s1. The third kappa shape index (κ3) is 18.8. The van der Waals surface area contributed by atoms with Gasteiger partial charge in [-0.15, -0.1) is 0 Å². The molecule has 21 heteroatoms. The molecule has 0 aliphatic carbocycles. The summed E-state index contributed by atoms with van der Waals surface area (Å²) in [5.41, 5.74) is 3.26. The molecule has 76 heavy (non-hydrogen) atoms. The lowest BCUT2D eigenvalue weighted by atomic mass is 9.92. The number of rotatable bonds is 29. The van der Waals surface area contributed by atoms with E-state index in [0.717, 1.165) is 11.1 Å². The highest BCUT2D eigenvalue weighted by molar-refractivity contribution is 6.39. The molecule has 0 heterocycles. The molecule has 5 atom stereocenters. The van der Waals surface area contributed by atoms with E-state index in [9.17, 15) is 42.7 Å². The minimum absolute atomic E-state index is 0.000104. The smallest absolute Gasteiger partial charge is 0.315 e. The number of benzene rings is 4. The molecule has 8 N–H and O–H groups in total. The fourth-order valence-electron chi connectivity index (χ4n) is 8.17. The SMILES string of the molecule is CCC(NC(=O)[C@H](CC(C)C)NC(=O)NCc1cccc(CC(C)CC([Si])(NC(=O)NCc2ccccc2)C(=O)NC(CC)C(=O)C(=O)NCc2cccc(F)c2OC)c1)C(=O)C(=O)NCc1cc(OC)cc(OC)c1. The van der Waals surface area contributed by atoms with Crippen LogP contribution in [0.3, 0.4) is 0 Å². The number of para-hydroxylation sites is 1. The molecule has 0 saturated heterocycles. The van der Waals surface area contributed by atoms with E-state index in [-0.39, 0.29) is 69.4 Å². The second-order valence-electron chi connectivity index (χ2n) is 18.7. The van der Waals surface area contributed by atoms with Gasteiger partial charge in [-0.1, -0.05) is 101 Å². The van der Waals surface area contributed by atoms with Crippen molar-refractivity contribution in [2.24, 2.45) is 11.8 Å². The van der Waals surface area contributed by atoms with E-state index >= 15 is 0 Å². The quantitative estimate of drug-likeness (QED) is 0.0276. The molecular formula is C55H70FN8O11Si. The first kappa shape index (κ1) is 60.7. The Kier molecular flexibility index (Phi) is 23.9. The fraction of sp³-hybridized carbons (Fsp3) is 0.418. The van der Waals surface area contributed by atoms with E-state index in [0.29, 0.717) is 34.6 Å². The molecule has 4 aromatic carbocycles. The van der Waals surface area contributed by atoms with Gasteiger partial charge >= 0.3 is 12.1 Å². The second kappa shape index (κ2) is 29.9. The predicted molar refractivity (Wildman–Crippen MR) is 283 cm³/mol. The monoisotopic (exact) mass is 1070 g/mol. The van der Waals surface area contributed by atoms with Crippen LogP contribution in [0, 0.1) is 17.7 Å². The molecule has 0 aliphatic rings. The van der Waals surface area contributed by atoms with E-state index in [1.165, 1.54) is 39.5 Å². The molecule has 0 bridgehead atoms. The lowest BCUT2D eigenvalue weighted by Crippen LogP contribution is -2.64. The number of hydrogen-bond acceptors (Lipinski definition) is 11. The van der Waals surface area contributed by atoms with Gasteiger partial charge in [0.1, 0.15) is 22.7 Å². The van der Waals surface area contributed by atoms with Gasteiger partial charge in [-0.25, -0.2) is 14.0 Å². The fourth-order valence-corrected chi connectivity index (χ4v) is 8.71. The maximum atomic E-state index is 14.3. The minimum atomic E-state index is -1.79. The van der Waals surface area contributed by atoms with Crippen LogP contribution in [0.2, 0.25) is 0 Å². The van der Waals surface area contributed by atoms with E-state index < -0.39 is 76.4 Å². The summed E-state index contributed by atoms with van der Waals surface area (Å²) >= 11 is 0. The van der Waals surface area contributed by atoms with Crippen LogP contribution < -0.4 is 56.7 Å². The molecule has 19 nitrogen and oxygen atoms in total. The number of Topliss-reactive ketones (excluding diaryl/α,β-unsaturated/α-hetero) is 2. The zero-order valence-electron chi connectivity index (χ0n) is 44.3. The first-order chi connectivity index (χ1) is 36.2. The summed E-state index contributed by atoms with van der Waals surface area (Å²) in [5.74, 6) is -5.22. The highest BCUT2D eigenvalue weighted by Crippen LogP contribution is 2.24. The number of nitrogens with one attached hydrogen (secondary N) is 8. The normalized spacial score (nSPS) is 13.2. The van der Waals surface area contributed by atoms with Gasteiger partial charge in [-0.3, -0.25) is 28.8 Å². The average molecular weight is 1070 g/mol. The van der Waals surface area contributed by atoms with Crippen LogP contribution >= 0.6 is 0 Å². The molecule has 3 radical (unpaired) electrons. The lowest BCUT2D eigenvalue weighted by molar-refractivity contribution is -0.140. The van der Waals surface area contributed by atoms with Crippen molar-refractivity contribution in [1.29, 1.82) is 0 Å². The number of methoxy groups -OCH3 is 3. The van der Waals surface area contributed by atoms with Crippen molar-refractivity contribution in [3.8, 4) is 17.2 Å². The number of ketones is 2. The van der Waals surface area contributed by atoms with Gasteiger partial charge in [0, 0.05) is 37.8 Å². The number of carbonyl (C=O) groups is 8. The summed E-state index contributed by atoms with van der Waals surface area (Å²) in [6.45, 7) is 8.86. The Balaban J connectivity index is 1.39. The van der Waals surface area contributed by atoms with Crippen molar-refractivity contribution < 1.29 is 57.0 Å². The van der Waals surface area contributed by atoms with Crippen molar-refractivity contribution in [3.05, 3.63) is 125 Å². The van der Waals surface area contributed by atoms with Crippen molar-refractivity contribution >= 4 is 57.5 Å². The first-order valence-corrected chi connectivity index (χ1v) is 25.5. The molecule has 4 rings (SSSR count). The van der Waals surface area contributed by atoms with Gasteiger partial charge < -0.3 is 56.7 Å². The Hall–Kier alpha value is -7.81. The van der Waals surface area contributed by atoms with Gasteiger partial charge in [0.25, 0.3) is 11.8 Å². The number of carbonyl (C=O) groups excluding carboxylic acids is 8. The van der Waals surface area contributed by atoms with Crippen LogP contribution in [0.1, 0.15) is 88.1 Å². The lowest BCUT2D eigenvalue weighted by Gasteiger charge is -2.33. The zero-order chi connectivity index (χ0) is 56.0. The van der Waals surface area contributed by atoms with Crippen LogP contribution in [-0.4, -0.2) is 102 Å². The Morgan fingerprint density at radius 2 is 1.13 bits per heavy atom. The summed E-state index contributed by atoms with van der Waals surface area (Å²) in [7, 11) is 7.84. The van der Waals surface area contributed by atoms with Crippen molar-refractivity contribution in [2.45, 2.75) is 116 Å². The third-order valence-corrected chi connectivity index (χ3v) is 12.7. The Labute approximate surface area is 446 Å². The topological polar surface area (TPSA) is 260 Å². The summed E-state index contributed by atoms with van der Waals surface area (Å²) in [6, 6.07) is 20.8. The maximum Gasteiger partial charge on any atom is 0.315 e. The van der Waals surface area contributed by atoms with E-state index in [1.807, 2.05) is 63.2 Å². The minimum Gasteiger partial charge on any atom is -0.497 e. The molecule has 0 saturated carbocycles. The summed E-state index contributed by atoms with van der Waals surface area (Å²) < 4.78 is 29.9. The number of ether oxygens (including phenoxy) is 3. The zero-order valence-corrected chi connectivity index (χ0v) is 45.3. The van der Waals surface area contributed by atoms with Crippen molar-refractivity contribution in [2.75, 3.05) is 21.3 Å². The van der Waals surface area contributed by atoms with Crippen LogP contribution in [0.5, 0.6) is 17.2 Å². The summed E-state index contributed by atoms with van der Waals surface area (Å²) in [5, 5.41) is 19.5. The highest BCUT2D eigenvalue weighted by Gasteiger charge is 2.39. The Morgan fingerprint density at radius 1 is 0.579 bits per heavy atom. The van der Waals surface area contributed by atoms with Gasteiger partial charge in [-0.05, 0) is 84.4 Å². The molecule has 0 spiro atoms.